The molecule has 0 saturated heterocycles. The fourth-order valence-corrected chi connectivity index (χ4v) is 1.73. The number of aromatic nitrogens is 1. The first kappa shape index (κ1) is 13.3. The number of hydrogen-bond donors (Lipinski definition) is 0. The molecule has 0 aliphatic carbocycles. The highest BCUT2D eigenvalue weighted by Gasteiger charge is 2.31. The van der Waals surface area contributed by atoms with Crippen molar-refractivity contribution in [2.45, 2.75) is 13.1 Å². The Morgan fingerprint density at radius 3 is 2.62 bits per heavy atom. The van der Waals surface area contributed by atoms with Crippen molar-refractivity contribution in [1.29, 1.82) is 0 Å². The molecule has 0 saturated carbocycles. The van der Waals surface area contributed by atoms with Gasteiger partial charge in [0, 0.05) is 24.6 Å². The lowest BCUT2D eigenvalue weighted by atomic mass is 10.2. The van der Waals surface area contributed by atoms with Gasteiger partial charge >= 0.3 is 6.18 Å². The summed E-state index contributed by atoms with van der Waals surface area (Å²) >= 11 is 3.25. The Labute approximate surface area is 101 Å². The maximum absolute atomic E-state index is 12.5. The topological polar surface area (TPSA) is 16.1 Å². The summed E-state index contributed by atoms with van der Waals surface area (Å²) in [6, 6.07) is 2.05. The van der Waals surface area contributed by atoms with Crippen LogP contribution in [0.15, 0.2) is 18.3 Å². The Hall–Kier alpha value is -0.780. The van der Waals surface area contributed by atoms with Gasteiger partial charge in [-0.25, -0.2) is 4.98 Å². The number of pyridine rings is 1. The quantitative estimate of drug-likeness (QED) is 0.793. The summed E-state index contributed by atoms with van der Waals surface area (Å²) < 4.78 is 37.4. The van der Waals surface area contributed by atoms with E-state index in [1.165, 1.54) is 6.20 Å². The van der Waals surface area contributed by atoms with Gasteiger partial charge in [-0.15, -0.1) is 0 Å². The number of rotatable bonds is 4. The average Bonchev–Trinajstić information content (AvgIpc) is 2.25. The lowest BCUT2D eigenvalue weighted by Gasteiger charge is -2.21. The van der Waals surface area contributed by atoms with Gasteiger partial charge < -0.3 is 4.90 Å². The van der Waals surface area contributed by atoms with Crippen molar-refractivity contribution in [3.05, 3.63) is 23.9 Å². The third kappa shape index (κ3) is 3.37. The van der Waals surface area contributed by atoms with Gasteiger partial charge in [0.2, 0.25) is 0 Å². The molecule has 1 aromatic rings. The molecule has 0 fully saturated rings. The first-order chi connectivity index (χ1) is 7.49. The Kier molecular flexibility index (Phi) is 4.58. The Morgan fingerprint density at radius 1 is 1.44 bits per heavy atom. The molecule has 0 spiro atoms. The van der Waals surface area contributed by atoms with Crippen LogP contribution in [0.2, 0.25) is 0 Å². The van der Waals surface area contributed by atoms with E-state index >= 15 is 0 Å². The summed E-state index contributed by atoms with van der Waals surface area (Å²) in [5, 5.41) is 0.693. The fraction of sp³-hybridized carbons (Fsp3) is 0.500. The average molecular weight is 297 g/mol. The molecule has 0 aliphatic rings. The van der Waals surface area contributed by atoms with Crippen molar-refractivity contribution in [2.24, 2.45) is 0 Å². The molecule has 0 N–H and O–H groups in total. The molecular formula is C10H12BrF3N2. The summed E-state index contributed by atoms with van der Waals surface area (Å²) in [6.07, 6.45) is -3.12. The molecule has 0 atom stereocenters. The molecule has 0 radical (unpaired) electrons. The van der Waals surface area contributed by atoms with Crippen LogP contribution in [0.5, 0.6) is 0 Å². The molecule has 16 heavy (non-hydrogen) atoms. The Morgan fingerprint density at radius 2 is 2.12 bits per heavy atom. The minimum atomic E-state index is -4.31. The van der Waals surface area contributed by atoms with Crippen LogP contribution in [0.1, 0.15) is 12.5 Å². The zero-order valence-corrected chi connectivity index (χ0v) is 10.3. The number of halogens is 4. The monoisotopic (exact) mass is 296 g/mol. The summed E-state index contributed by atoms with van der Waals surface area (Å²) in [4.78, 5) is 5.73. The summed E-state index contributed by atoms with van der Waals surface area (Å²) in [5.41, 5.74) is -0.662. The zero-order valence-electron chi connectivity index (χ0n) is 8.76. The van der Waals surface area contributed by atoms with Gasteiger partial charge in [-0.3, -0.25) is 0 Å². The maximum atomic E-state index is 12.5. The van der Waals surface area contributed by atoms with E-state index in [0.717, 1.165) is 12.1 Å². The van der Waals surface area contributed by atoms with Crippen molar-refractivity contribution in [1.82, 2.24) is 4.98 Å². The van der Waals surface area contributed by atoms with E-state index in [1.54, 1.807) is 4.90 Å². The van der Waals surface area contributed by atoms with E-state index in [4.69, 9.17) is 0 Å². The smallest absolute Gasteiger partial charge is 0.356 e. The number of anilines is 1. The van der Waals surface area contributed by atoms with E-state index in [9.17, 15) is 13.2 Å². The fourth-order valence-electron chi connectivity index (χ4n) is 1.30. The molecule has 1 aromatic heterocycles. The molecule has 1 rings (SSSR count). The molecular weight excluding hydrogens is 285 g/mol. The predicted molar refractivity (Wildman–Crippen MR) is 60.9 cm³/mol. The van der Waals surface area contributed by atoms with Crippen LogP contribution in [0.25, 0.3) is 0 Å². The van der Waals surface area contributed by atoms with Crippen LogP contribution in [0.4, 0.5) is 19.0 Å². The van der Waals surface area contributed by atoms with E-state index in [2.05, 4.69) is 20.9 Å². The van der Waals surface area contributed by atoms with Crippen LogP contribution < -0.4 is 4.90 Å². The van der Waals surface area contributed by atoms with Gasteiger partial charge in [0.25, 0.3) is 0 Å². The highest BCUT2D eigenvalue weighted by atomic mass is 79.9. The largest absolute Gasteiger partial charge is 0.416 e. The minimum absolute atomic E-state index is 0.358. The molecule has 6 heteroatoms. The van der Waals surface area contributed by atoms with Crippen molar-refractivity contribution < 1.29 is 13.2 Å². The standard InChI is InChI=1S/C10H12BrF3N2/c1-2-16(6-4-11)9-7-8(3-5-15-9)10(12,13)14/h3,5,7H,2,4,6H2,1H3. The van der Waals surface area contributed by atoms with Crippen molar-refractivity contribution >= 4 is 21.7 Å². The SMILES string of the molecule is CCN(CCBr)c1cc(C(F)(F)F)ccn1. The van der Waals surface area contributed by atoms with Gasteiger partial charge in [-0.2, -0.15) is 13.2 Å². The van der Waals surface area contributed by atoms with E-state index in [0.29, 0.717) is 24.2 Å². The molecule has 0 unspecified atom stereocenters. The van der Waals surface area contributed by atoms with Crippen LogP contribution in [0, 0.1) is 0 Å². The van der Waals surface area contributed by atoms with Crippen LogP contribution in [0.3, 0.4) is 0 Å². The Balaban J connectivity index is 2.97. The number of alkyl halides is 4. The number of hydrogen-bond acceptors (Lipinski definition) is 2. The highest BCUT2D eigenvalue weighted by molar-refractivity contribution is 9.09. The summed E-state index contributed by atoms with van der Waals surface area (Å²) in [5.74, 6) is 0.358. The van der Waals surface area contributed by atoms with E-state index in [-0.39, 0.29) is 0 Å². The second-order valence-corrected chi connectivity index (χ2v) is 3.96. The molecule has 0 bridgehead atoms. The molecule has 0 amide bonds. The summed E-state index contributed by atoms with van der Waals surface area (Å²) in [6.45, 7) is 3.13. The molecule has 0 aliphatic heterocycles. The van der Waals surface area contributed by atoms with Gasteiger partial charge in [-0.05, 0) is 19.1 Å². The molecule has 0 aromatic carbocycles. The summed E-state index contributed by atoms with van der Waals surface area (Å²) in [7, 11) is 0. The lowest BCUT2D eigenvalue weighted by Crippen LogP contribution is -2.26. The first-order valence-corrected chi connectivity index (χ1v) is 5.95. The van der Waals surface area contributed by atoms with E-state index in [1.807, 2.05) is 6.92 Å². The highest BCUT2D eigenvalue weighted by Crippen LogP contribution is 2.30. The van der Waals surface area contributed by atoms with Gasteiger partial charge in [0.15, 0.2) is 0 Å². The van der Waals surface area contributed by atoms with Gasteiger partial charge in [0.1, 0.15) is 5.82 Å². The molecule has 2 nitrogen and oxygen atoms in total. The first-order valence-electron chi connectivity index (χ1n) is 4.83. The van der Waals surface area contributed by atoms with Crippen molar-refractivity contribution in [3.63, 3.8) is 0 Å². The third-order valence-corrected chi connectivity index (χ3v) is 2.49. The lowest BCUT2D eigenvalue weighted by molar-refractivity contribution is -0.137. The normalized spacial score (nSPS) is 11.6. The van der Waals surface area contributed by atoms with E-state index < -0.39 is 11.7 Å². The van der Waals surface area contributed by atoms with Gasteiger partial charge in [0.05, 0.1) is 5.56 Å². The van der Waals surface area contributed by atoms with Crippen molar-refractivity contribution in [3.8, 4) is 0 Å². The maximum Gasteiger partial charge on any atom is 0.416 e. The molecule has 90 valence electrons. The second kappa shape index (κ2) is 5.52. The molecule has 1 heterocycles. The van der Waals surface area contributed by atoms with Crippen LogP contribution in [-0.4, -0.2) is 23.4 Å². The zero-order chi connectivity index (χ0) is 12.2. The third-order valence-electron chi connectivity index (χ3n) is 2.13. The van der Waals surface area contributed by atoms with Gasteiger partial charge in [-0.1, -0.05) is 15.9 Å². The predicted octanol–water partition coefficient (Wildman–Crippen LogP) is 3.32. The minimum Gasteiger partial charge on any atom is -0.356 e. The van der Waals surface area contributed by atoms with Crippen LogP contribution in [-0.2, 0) is 6.18 Å². The Bertz CT molecular complexity index is 341. The number of nitrogens with zero attached hydrogens (tertiary/aromatic N) is 2. The van der Waals surface area contributed by atoms with Crippen LogP contribution >= 0.6 is 15.9 Å². The second-order valence-electron chi connectivity index (χ2n) is 3.17. The van der Waals surface area contributed by atoms with Crippen molar-refractivity contribution in [2.75, 3.05) is 23.3 Å².